The molecule has 1 aromatic rings. The molecule has 0 saturated heterocycles. The zero-order valence-corrected chi connectivity index (χ0v) is 15.2. The van der Waals surface area contributed by atoms with Crippen molar-refractivity contribution in [1.29, 1.82) is 0 Å². The minimum absolute atomic E-state index is 0.0149. The quantitative estimate of drug-likeness (QED) is 0.452. The molecule has 1 N–H and O–H groups in total. The highest BCUT2D eigenvalue weighted by atomic mass is 19.4. The standard InChI is InChI=1S/C16H13F13O2/c1-7(10(30)8-3-5-9(31-2)6-4-8)11(17,18)12(19,20)13(21,22)14(23,24)15(25,26)16(27,28)29/h3-7,10,30H,1-2H3. The summed E-state index contributed by atoms with van der Waals surface area (Å²) in [4.78, 5) is 0. The normalized spacial score (nSPS) is 16.8. The molecule has 0 spiro atoms. The summed E-state index contributed by atoms with van der Waals surface area (Å²) in [5, 5.41) is 9.79. The zero-order valence-electron chi connectivity index (χ0n) is 15.2. The van der Waals surface area contributed by atoms with Gasteiger partial charge in [0.2, 0.25) is 0 Å². The van der Waals surface area contributed by atoms with Crippen LogP contribution in [-0.4, -0.2) is 48.0 Å². The molecule has 0 aromatic heterocycles. The van der Waals surface area contributed by atoms with E-state index in [1.807, 2.05) is 0 Å². The van der Waals surface area contributed by atoms with Gasteiger partial charge in [0.05, 0.1) is 19.1 Å². The fourth-order valence-electron chi connectivity index (χ4n) is 2.36. The second-order valence-electron chi connectivity index (χ2n) is 6.42. The summed E-state index contributed by atoms with van der Waals surface area (Å²) >= 11 is 0. The van der Waals surface area contributed by atoms with E-state index in [1.54, 1.807) is 0 Å². The number of methoxy groups -OCH3 is 1. The topological polar surface area (TPSA) is 29.5 Å². The second kappa shape index (κ2) is 7.89. The van der Waals surface area contributed by atoms with Gasteiger partial charge in [-0.2, -0.15) is 57.1 Å². The van der Waals surface area contributed by atoms with Crippen molar-refractivity contribution >= 4 is 0 Å². The lowest BCUT2D eigenvalue weighted by Gasteiger charge is -2.42. The second-order valence-corrected chi connectivity index (χ2v) is 6.42. The average Bonchev–Trinajstić information content (AvgIpc) is 2.65. The smallest absolute Gasteiger partial charge is 0.460 e. The van der Waals surface area contributed by atoms with E-state index in [2.05, 4.69) is 4.74 Å². The Bertz CT molecular complexity index is 756. The van der Waals surface area contributed by atoms with Gasteiger partial charge in [-0.25, -0.2) is 0 Å². The molecule has 2 nitrogen and oxygen atoms in total. The van der Waals surface area contributed by atoms with Gasteiger partial charge in [-0.15, -0.1) is 0 Å². The molecule has 0 saturated carbocycles. The summed E-state index contributed by atoms with van der Waals surface area (Å²) in [5.74, 6) is -40.8. The maximum atomic E-state index is 14.1. The summed E-state index contributed by atoms with van der Waals surface area (Å²) in [6.45, 7) is -0.0149. The van der Waals surface area contributed by atoms with Crippen LogP contribution in [0.2, 0.25) is 0 Å². The Labute approximate surface area is 165 Å². The van der Waals surface area contributed by atoms with Crippen molar-refractivity contribution in [3.8, 4) is 5.75 Å². The van der Waals surface area contributed by atoms with Crippen LogP contribution in [0.5, 0.6) is 5.75 Å². The molecule has 0 aliphatic carbocycles. The predicted molar refractivity (Wildman–Crippen MR) is 77.9 cm³/mol. The summed E-state index contributed by atoms with van der Waals surface area (Å²) < 4.78 is 176. The zero-order chi connectivity index (χ0) is 24.8. The minimum atomic E-state index is -7.98. The first kappa shape index (κ1) is 27.1. The molecule has 1 rings (SSSR count). The van der Waals surface area contributed by atoms with Crippen molar-refractivity contribution in [1.82, 2.24) is 0 Å². The van der Waals surface area contributed by atoms with E-state index in [4.69, 9.17) is 0 Å². The molecule has 2 unspecified atom stereocenters. The molecule has 2 atom stereocenters. The SMILES string of the molecule is COc1ccc(C(O)C(C)C(F)(F)C(F)(F)C(F)(F)C(F)(F)C(F)(F)C(F)(F)F)cc1. The fraction of sp³-hybridized carbons (Fsp3) is 0.625. The van der Waals surface area contributed by atoms with Crippen LogP contribution in [0.15, 0.2) is 24.3 Å². The number of hydrogen-bond donors (Lipinski definition) is 1. The first-order valence-electron chi connectivity index (χ1n) is 7.89. The number of aliphatic hydroxyl groups is 1. The Kier molecular flexibility index (Phi) is 6.90. The third kappa shape index (κ3) is 4.00. The fourth-order valence-corrected chi connectivity index (χ4v) is 2.36. The van der Waals surface area contributed by atoms with Gasteiger partial charge in [0.25, 0.3) is 0 Å². The number of alkyl halides is 13. The Morgan fingerprint density at radius 2 is 1.06 bits per heavy atom. The maximum absolute atomic E-state index is 14.1. The van der Waals surface area contributed by atoms with Crippen LogP contribution >= 0.6 is 0 Å². The van der Waals surface area contributed by atoms with Crippen LogP contribution in [0.1, 0.15) is 18.6 Å². The Hall–Kier alpha value is -1.93. The summed E-state index contributed by atoms with van der Waals surface area (Å²) in [7, 11) is 1.15. The van der Waals surface area contributed by atoms with Crippen molar-refractivity contribution in [2.75, 3.05) is 7.11 Å². The number of ether oxygens (including phenoxy) is 1. The van der Waals surface area contributed by atoms with Gasteiger partial charge in [0.1, 0.15) is 5.75 Å². The molecule has 0 bridgehead atoms. The van der Waals surface area contributed by atoms with Crippen LogP contribution in [0, 0.1) is 5.92 Å². The molecule has 0 heterocycles. The highest BCUT2D eigenvalue weighted by molar-refractivity contribution is 5.29. The van der Waals surface area contributed by atoms with Crippen LogP contribution in [-0.2, 0) is 0 Å². The van der Waals surface area contributed by atoms with E-state index in [0.717, 1.165) is 31.4 Å². The Morgan fingerprint density at radius 1 is 0.677 bits per heavy atom. The van der Waals surface area contributed by atoms with E-state index in [9.17, 15) is 62.2 Å². The lowest BCUT2D eigenvalue weighted by Crippen LogP contribution is -2.71. The molecule has 1 aromatic carbocycles. The third-order valence-corrected chi connectivity index (χ3v) is 4.46. The van der Waals surface area contributed by atoms with Crippen molar-refractivity contribution in [3.63, 3.8) is 0 Å². The van der Waals surface area contributed by atoms with Crippen LogP contribution < -0.4 is 4.74 Å². The largest absolute Gasteiger partial charge is 0.497 e. The van der Waals surface area contributed by atoms with Gasteiger partial charge in [-0.05, 0) is 17.7 Å². The summed E-state index contributed by atoms with van der Waals surface area (Å²) in [6.07, 6.45) is -10.2. The molecule has 31 heavy (non-hydrogen) atoms. The Morgan fingerprint density at radius 3 is 1.42 bits per heavy atom. The summed E-state index contributed by atoms with van der Waals surface area (Å²) in [6, 6.07) is 3.62. The van der Waals surface area contributed by atoms with E-state index in [-0.39, 0.29) is 12.7 Å². The number of hydrogen-bond acceptors (Lipinski definition) is 2. The molecule has 0 amide bonds. The number of halogens is 13. The predicted octanol–water partition coefficient (Wildman–Crippen LogP) is 6.10. The third-order valence-electron chi connectivity index (χ3n) is 4.46. The van der Waals surface area contributed by atoms with Crippen LogP contribution in [0.4, 0.5) is 57.1 Å². The Balaban J connectivity index is 3.43. The minimum Gasteiger partial charge on any atom is -0.497 e. The monoisotopic (exact) mass is 484 g/mol. The number of benzene rings is 1. The van der Waals surface area contributed by atoms with Gasteiger partial charge in [-0.1, -0.05) is 19.1 Å². The molecular formula is C16H13F13O2. The van der Waals surface area contributed by atoms with E-state index in [1.165, 1.54) is 0 Å². The molecule has 180 valence electrons. The average molecular weight is 484 g/mol. The maximum Gasteiger partial charge on any atom is 0.460 e. The molecule has 0 aliphatic rings. The van der Waals surface area contributed by atoms with Gasteiger partial charge in [-0.3, -0.25) is 0 Å². The highest BCUT2D eigenvalue weighted by Gasteiger charge is 2.91. The van der Waals surface area contributed by atoms with Crippen LogP contribution in [0.3, 0.4) is 0 Å². The van der Waals surface area contributed by atoms with Gasteiger partial charge >= 0.3 is 35.8 Å². The molecular weight excluding hydrogens is 471 g/mol. The lowest BCUT2D eigenvalue weighted by atomic mass is 9.83. The van der Waals surface area contributed by atoms with Crippen molar-refractivity contribution in [2.45, 2.75) is 48.8 Å². The molecule has 15 heteroatoms. The van der Waals surface area contributed by atoms with Gasteiger partial charge in [0.15, 0.2) is 0 Å². The summed E-state index contributed by atoms with van der Waals surface area (Å²) in [5.41, 5.74) is -0.625. The van der Waals surface area contributed by atoms with Crippen molar-refractivity contribution < 1.29 is 66.9 Å². The van der Waals surface area contributed by atoms with Crippen LogP contribution in [0.25, 0.3) is 0 Å². The van der Waals surface area contributed by atoms with E-state index >= 15 is 0 Å². The highest BCUT2D eigenvalue weighted by Crippen LogP contribution is 2.61. The van der Waals surface area contributed by atoms with E-state index in [0.29, 0.717) is 0 Å². The first-order valence-corrected chi connectivity index (χ1v) is 7.89. The molecule has 0 aliphatic heterocycles. The number of rotatable bonds is 8. The molecule has 0 fully saturated rings. The van der Waals surface area contributed by atoms with Gasteiger partial charge < -0.3 is 9.84 Å². The van der Waals surface area contributed by atoms with Gasteiger partial charge in [0, 0.05) is 0 Å². The van der Waals surface area contributed by atoms with E-state index < -0.39 is 53.4 Å². The first-order chi connectivity index (χ1) is 13.6. The van der Waals surface area contributed by atoms with Crippen molar-refractivity contribution in [2.24, 2.45) is 5.92 Å². The number of aliphatic hydroxyl groups excluding tert-OH is 1. The molecule has 0 radical (unpaired) electrons. The lowest BCUT2D eigenvalue weighted by molar-refractivity contribution is -0.444. The van der Waals surface area contributed by atoms with Crippen molar-refractivity contribution in [3.05, 3.63) is 29.8 Å².